The molecule has 2 heterocycles. The molecule has 0 aliphatic heterocycles. The summed E-state index contributed by atoms with van der Waals surface area (Å²) in [5, 5.41) is 7.81. The van der Waals surface area contributed by atoms with Crippen molar-refractivity contribution in [2.24, 2.45) is 7.05 Å². The number of aromatic amines is 1. The summed E-state index contributed by atoms with van der Waals surface area (Å²) in [4.78, 5) is 7.80. The predicted molar refractivity (Wildman–Crippen MR) is 77.0 cm³/mol. The van der Waals surface area contributed by atoms with Crippen molar-refractivity contribution in [1.29, 1.82) is 0 Å². The number of H-pyrrole nitrogens is 1. The van der Waals surface area contributed by atoms with Gasteiger partial charge in [0.25, 0.3) is 0 Å². The second kappa shape index (κ2) is 5.17. The van der Waals surface area contributed by atoms with E-state index >= 15 is 0 Å². The highest BCUT2D eigenvalue weighted by atomic mass is 15.2. The molecule has 2 aromatic rings. The van der Waals surface area contributed by atoms with Gasteiger partial charge in [-0.25, -0.2) is 4.98 Å². The molecule has 19 heavy (non-hydrogen) atoms. The van der Waals surface area contributed by atoms with Gasteiger partial charge in [0.15, 0.2) is 0 Å². The number of hydrogen-bond donors (Lipinski definition) is 2. The average molecular weight is 261 g/mol. The van der Waals surface area contributed by atoms with E-state index in [0.29, 0.717) is 0 Å². The lowest BCUT2D eigenvalue weighted by molar-refractivity contribution is 0.427. The number of aryl methyl sites for hydroxylation is 2. The number of rotatable bonds is 4. The molecule has 0 aliphatic rings. The summed E-state index contributed by atoms with van der Waals surface area (Å²) in [6.45, 7) is 9.43. The standard InChI is InChI=1S/C14H23N5/c1-10-11(9-19(5)18-10)12-8-15-13(17-12)6-7-16-14(2,3)4/h8-9,16H,6-7H2,1-5H3,(H,15,17). The molecule has 0 radical (unpaired) electrons. The molecule has 0 bridgehead atoms. The van der Waals surface area contributed by atoms with E-state index < -0.39 is 0 Å². The van der Waals surface area contributed by atoms with Crippen molar-refractivity contribution in [1.82, 2.24) is 25.1 Å². The van der Waals surface area contributed by atoms with Crippen LogP contribution in [0.2, 0.25) is 0 Å². The molecule has 0 saturated heterocycles. The Morgan fingerprint density at radius 3 is 2.68 bits per heavy atom. The Bertz CT molecular complexity index is 544. The van der Waals surface area contributed by atoms with Crippen molar-refractivity contribution in [3.63, 3.8) is 0 Å². The van der Waals surface area contributed by atoms with Crippen molar-refractivity contribution < 1.29 is 0 Å². The van der Waals surface area contributed by atoms with Crippen LogP contribution in [0.1, 0.15) is 32.3 Å². The van der Waals surface area contributed by atoms with Crippen LogP contribution in [0.4, 0.5) is 0 Å². The minimum Gasteiger partial charge on any atom is -0.342 e. The van der Waals surface area contributed by atoms with Crippen molar-refractivity contribution in [3.8, 4) is 11.3 Å². The maximum atomic E-state index is 4.43. The molecule has 2 rings (SSSR count). The predicted octanol–water partition coefficient (Wildman–Crippen LogP) is 2.05. The van der Waals surface area contributed by atoms with Crippen LogP contribution in [-0.4, -0.2) is 31.8 Å². The molecule has 104 valence electrons. The summed E-state index contributed by atoms with van der Waals surface area (Å²) in [6, 6.07) is 0. The fourth-order valence-electron chi connectivity index (χ4n) is 2.05. The van der Waals surface area contributed by atoms with Crippen molar-refractivity contribution in [3.05, 3.63) is 23.9 Å². The third-order valence-electron chi connectivity index (χ3n) is 2.95. The fourth-order valence-corrected chi connectivity index (χ4v) is 2.05. The van der Waals surface area contributed by atoms with Crippen LogP contribution >= 0.6 is 0 Å². The third-order valence-corrected chi connectivity index (χ3v) is 2.95. The molecule has 0 atom stereocenters. The molecule has 2 N–H and O–H groups in total. The summed E-state index contributed by atoms with van der Waals surface area (Å²) in [6.07, 6.45) is 4.80. The van der Waals surface area contributed by atoms with Crippen LogP contribution in [0, 0.1) is 6.92 Å². The SMILES string of the molecule is Cc1nn(C)cc1-c1cnc(CCNC(C)(C)C)[nH]1. The molecule has 5 nitrogen and oxygen atoms in total. The largest absolute Gasteiger partial charge is 0.342 e. The first-order chi connectivity index (χ1) is 8.85. The van der Waals surface area contributed by atoms with Crippen LogP contribution < -0.4 is 5.32 Å². The van der Waals surface area contributed by atoms with Gasteiger partial charge in [0.1, 0.15) is 5.82 Å². The minimum atomic E-state index is 0.148. The number of aromatic nitrogens is 4. The first kappa shape index (κ1) is 13.8. The quantitative estimate of drug-likeness (QED) is 0.885. The molecule has 0 amide bonds. The lowest BCUT2D eigenvalue weighted by Gasteiger charge is -2.19. The number of nitrogens with zero attached hydrogens (tertiary/aromatic N) is 3. The first-order valence-electron chi connectivity index (χ1n) is 6.65. The molecule has 0 unspecified atom stereocenters. The number of imidazole rings is 1. The zero-order valence-electron chi connectivity index (χ0n) is 12.4. The van der Waals surface area contributed by atoms with Gasteiger partial charge in [0.2, 0.25) is 0 Å². The topological polar surface area (TPSA) is 58.5 Å². The van der Waals surface area contributed by atoms with E-state index in [1.54, 1.807) is 0 Å². The van der Waals surface area contributed by atoms with Gasteiger partial charge in [-0.1, -0.05) is 0 Å². The highest BCUT2D eigenvalue weighted by molar-refractivity contribution is 5.60. The van der Waals surface area contributed by atoms with E-state index in [9.17, 15) is 0 Å². The maximum Gasteiger partial charge on any atom is 0.107 e. The molecule has 0 spiro atoms. The summed E-state index contributed by atoms with van der Waals surface area (Å²) < 4.78 is 1.83. The molecule has 5 heteroatoms. The van der Waals surface area contributed by atoms with Crippen LogP contribution in [0.15, 0.2) is 12.4 Å². The fraction of sp³-hybridized carbons (Fsp3) is 0.571. The summed E-state index contributed by atoms with van der Waals surface area (Å²) in [5.41, 5.74) is 3.32. The van der Waals surface area contributed by atoms with Crippen molar-refractivity contribution in [2.45, 2.75) is 39.7 Å². The Morgan fingerprint density at radius 1 is 1.37 bits per heavy atom. The lowest BCUT2D eigenvalue weighted by atomic mass is 10.1. The summed E-state index contributed by atoms with van der Waals surface area (Å²) >= 11 is 0. The van der Waals surface area contributed by atoms with Gasteiger partial charge < -0.3 is 10.3 Å². The second-order valence-corrected chi connectivity index (χ2v) is 5.97. The Kier molecular flexibility index (Phi) is 3.75. The Labute approximate surface area is 114 Å². The number of hydrogen-bond acceptors (Lipinski definition) is 3. The van der Waals surface area contributed by atoms with Gasteiger partial charge in [-0.05, 0) is 27.7 Å². The molecule has 2 aromatic heterocycles. The van der Waals surface area contributed by atoms with Gasteiger partial charge in [-0.15, -0.1) is 0 Å². The van der Waals surface area contributed by atoms with E-state index in [4.69, 9.17) is 0 Å². The molecule has 0 aromatic carbocycles. The van der Waals surface area contributed by atoms with Gasteiger partial charge in [-0.2, -0.15) is 5.10 Å². The summed E-state index contributed by atoms with van der Waals surface area (Å²) in [7, 11) is 1.93. The smallest absolute Gasteiger partial charge is 0.107 e. The zero-order chi connectivity index (χ0) is 14.0. The van der Waals surface area contributed by atoms with Gasteiger partial charge in [0.05, 0.1) is 17.6 Å². The third kappa shape index (κ3) is 3.67. The highest BCUT2D eigenvalue weighted by Gasteiger charge is 2.11. The highest BCUT2D eigenvalue weighted by Crippen LogP contribution is 2.20. The molecule has 0 saturated carbocycles. The zero-order valence-corrected chi connectivity index (χ0v) is 12.4. The van der Waals surface area contributed by atoms with E-state index in [2.05, 4.69) is 41.2 Å². The molecular weight excluding hydrogens is 238 g/mol. The maximum absolute atomic E-state index is 4.43. The normalized spacial score (nSPS) is 12.1. The monoisotopic (exact) mass is 261 g/mol. The Morgan fingerprint density at radius 2 is 2.11 bits per heavy atom. The van der Waals surface area contributed by atoms with Gasteiger partial charge in [0, 0.05) is 37.3 Å². The van der Waals surface area contributed by atoms with E-state index in [-0.39, 0.29) is 5.54 Å². The summed E-state index contributed by atoms with van der Waals surface area (Å²) in [5.74, 6) is 1.01. The molecular formula is C14H23N5. The second-order valence-electron chi connectivity index (χ2n) is 5.97. The molecule has 0 fully saturated rings. The van der Waals surface area contributed by atoms with E-state index in [1.807, 2.05) is 31.0 Å². The van der Waals surface area contributed by atoms with Gasteiger partial charge in [-0.3, -0.25) is 4.68 Å². The Hall–Kier alpha value is -1.62. The van der Waals surface area contributed by atoms with Crippen LogP contribution in [0.5, 0.6) is 0 Å². The number of nitrogens with one attached hydrogen (secondary N) is 2. The average Bonchev–Trinajstić information content (AvgIpc) is 2.83. The van der Waals surface area contributed by atoms with Crippen LogP contribution in [0.3, 0.4) is 0 Å². The van der Waals surface area contributed by atoms with E-state index in [0.717, 1.165) is 35.7 Å². The van der Waals surface area contributed by atoms with E-state index in [1.165, 1.54) is 0 Å². The van der Waals surface area contributed by atoms with Crippen molar-refractivity contribution >= 4 is 0 Å². The minimum absolute atomic E-state index is 0.148. The van der Waals surface area contributed by atoms with Crippen LogP contribution in [-0.2, 0) is 13.5 Å². The first-order valence-corrected chi connectivity index (χ1v) is 6.65. The van der Waals surface area contributed by atoms with Gasteiger partial charge >= 0.3 is 0 Å². The Balaban J connectivity index is 2.01. The molecule has 0 aliphatic carbocycles. The lowest BCUT2D eigenvalue weighted by Crippen LogP contribution is -2.37. The van der Waals surface area contributed by atoms with Crippen LogP contribution in [0.25, 0.3) is 11.3 Å². The van der Waals surface area contributed by atoms with Crippen molar-refractivity contribution in [2.75, 3.05) is 6.54 Å².